The van der Waals surface area contributed by atoms with Gasteiger partial charge in [0.15, 0.2) is 6.29 Å². The summed E-state index contributed by atoms with van der Waals surface area (Å²) < 4.78 is 1.80. The highest BCUT2D eigenvalue weighted by molar-refractivity contribution is 5.86. The SMILES string of the molecule is CCn1cc(C=O)c(-c2ccccc2C(C)(C)C)n1. The molecule has 3 heteroatoms. The van der Waals surface area contributed by atoms with Crippen LogP contribution in [0.3, 0.4) is 0 Å². The van der Waals surface area contributed by atoms with Gasteiger partial charge in [0.2, 0.25) is 0 Å². The minimum Gasteiger partial charge on any atom is -0.298 e. The number of carbonyl (C=O) groups is 1. The Morgan fingerprint density at radius 1 is 1.26 bits per heavy atom. The first kappa shape index (κ1) is 13.5. The van der Waals surface area contributed by atoms with Crippen LogP contribution < -0.4 is 0 Å². The Kier molecular flexibility index (Phi) is 3.56. The average molecular weight is 256 g/mol. The minimum atomic E-state index is 0.0206. The molecule has 0 spiro atoms. The number of benzene rings is 1. The van der Waals surface area contributed by atoms with Crippen molar-refractivity contribution in [3.8, 4) is 11.3 Å². The zero-order valence-electron chi connectivity index (χ0n) is 12.0. The van der Waals surface area contributed by atoms with E-state index in [-0.39, 0.29) is 5.41 Å². The smallest absolute Gasteiger partial charge is 0.153 e. The number of rotatable bonds is 3. The van der Waals surface area contributed by atoms with Gasteiger partial charge in [0.25, 0.3) is 0 Å². The molecule has 0 atom stereocenters. The quantitative estimate of drug-likeness (QED) is 0.785. The van der Waals surface area contributed by atoms with Gasteiger partial charge in [-0.05, 0) is 17.9 Å². The largest absolute Gasteiger partial charge is 0.298 e. The molecule has 19 heavy (non-hydrogen) atoms. The van der Waals surface area contributed by atoms with Crippen LogP contribution in [0.15, 0.2) is 30.5 Å². The number of hydrogen-bond donors (Lipinski definition) is 0. The minimum absolute atomic E-state index is 0.0206. The zero-order chi connectivity index (χ0) is 14.0. The standard InChI is InChI=1S/C16H20N2O/c1-5-18-10-12(11-19)15(17-18)13-8-6-7-9-14(13)16(2,3)4/h6-11H,5H2,1-4H3. The van der Waals surface area contributed by atoms with Crippen LogP contribution in [0.2, 0.25) is 0 Å². The first-order chi connectivity index (χ1) is 8.97. The lowest BCUT2D eigenvalue weighted by Gasteiger charge is -2.22. The third kappa shape index (κ3) is 2.60. The normalized spacial score (nSPS) is 11.6. The van der Waals surface area contributed by atoms with Crippen LogP contribution in [0.25, 0.3) is 11.3 Å². The zero-order valence-corrected chi connectivity index (χ0v) is 12.0. The molecule has 1 heterocycles. The Labute approximate surface area is 114 Å². The number of aromatic nitrogens is 2. The summed E-state index contributed by atoms with van der Waals surface area (Å²) in [4.78, 5) is 11.2. The van der Waals surface area contributed by atoms with Gasteiger partial charge in [-0.2, -0.15) is 5.10 Å². The molecule has 1 aromatic heterocycles. The van der Waals surface area contributed by atoms with E-state index >= 15 is 0 Å². The molecule has 0 aliphatic carbocycles. The van der Waals surface area contributed by atoms with Gasteiger partial charge in [0.1, 0.15) is 5.69 Å². The summed E-state index contributed by atoms with van der Waals surface area (Å²) in [6.07, 6.45) is 2.69. The second kappa shape index (κ2) is 5.00. The first-order valence-electron chi connectivity index (χ1n) is 6.60. The van der Waals surface area contributed by atoms with Crippen LogP contribution in [0, 0.1) is 0 Å². The van der Waals surface area contributed by atoms with Crippen LogP contribution in [0.1, 0.15) is 43.6 Å². The lowest BCUT2D eigenvalue weighted by molar-refractivity contribution is 0.112. The van der Waals surface area contributed by atoms with Crippen molar-refractivity contribution in [2.75, 3.05) is 0 Å². The van der Waals surface area contributed by atoms with E-state index in [2.05, 4.69) is 31.9 Å². The number of nitrogens with zero attached hydrogens (tertiary/aromatic N) is 2. The van der Waals surface area contributed by atoms with E-state index in [9.17, 15) is 4.79 Å². The topological polar surface area (TPSA) is 34.9 Å². The maximum atomic E-state index is 11.2. The van der Waals surface area contributed by atoms with Crippen molar-refractivity contribution >= 4 is 6.29 Å². The Morgan fingerprint density at radius 3 is 2.53 bits per heavy atom. The highest BCUT2D eigenvalue weighted by atomic mass is 16.1. The summed E-state index contributed by atoms with van der Waals surface area (Å²) in [6.45, 7) is 9.29. The van der Waals surface area contributed by atoms with Gasteiger partial charge in [-0.25, -0.2) is 0 Å². The van der Waals surface area contributed by atoms with E-state index in [1.54, 1.807) is 4.68 Å². The molecule has 0 amide bonds. The predicted octanol–water partition coefficient (Wildman–Crippen LogP) is 3.68. The van der Waals surface area contributed by atoms with E-state index in [1.807, 2.05) is 31.3 Å². The molecule has 0 aliphatic heterocycles. The Balaban J connectivity index is 2.65. The summed E-state index contributed by atoms with van der Waals surface area (Å²) in [7, 11) is 0. The number of aryl methyl sites for hydroxylation is 1. The molecule has 2 rings (SSSR count). The van der Waals surface area contributed by atoms with E-state index in [4.69, 9.17) is 0 Å². The fraction of sp³-hybridized carbons (Fsp3) is 0.375. The van der Waals surface area contributed by atoms with E-state index < -0.39 is 0 Å². The maximum Gasteiger partial charge on any atom is 0.153 e. The molecule has 0 fully saturated rings. The van der Waals surface area contributed by atoms with E-state index in [1.165, 1.54) is 5.56 Å². The van der Waals surface area contributed by atoms with Gasteiger partial charge >= 0.3 is 0 Å². The van der Waals surface area contributed by atoms with Crippen LogP contribution in [-0.2, 0) is 12.0 Å². The lowest BCUT2D eigenvalue weighted by Crippen LogP contribution is -2.13. The molecule has 3 nitrogen and oxygen atoms in total. The molecule has 0 bridgehead atoms. The van der Waals surface area contributed by atoms with E-state index in [0.717, 1.165) is 24.1 Å². The van der Waals surface area contributed by atoms with Crippen molar-refractivity contribution in [2.24, 2.45) is 0 Å². The van der Waals surface area contributed by atoms with Crippen molar-refractivity contribution in [3.05, 3.63) is 41.6 Å². The molecule has 0 aliphatic rings. The second-order valence-electron chi connectivity index (χ2n) is 5.70. The summed E-state index contributed by atoms with van der Waals surface area (Å²) in [5.41, 5.74) is 3.71. The maximum absolute atomic E-state index is 11.2. The van der Waals surface area contributed by atoms with Crippen molar-refractivity contribution in [2.45, 2.75) is 39.7 Å². The highest BCUT2D eigenvalue weighted by Gasteiger charge is 2.21. The predicted molar refractivity (Wildman–Crippen MR) is 77.4 cm³/mol. The van der Waals surface area contributed by atoms with Crippen molar-refractivity contribution < 1.29 is 4.79 Å². The van der Waals surface area contributed by atoms with Gasteiger partial charge in [0.05, 0.1) is 5.56 Å². The molecule has 2 aromatic rings. The summed E-state index contributed by atoms with van der Waals surface area (Å²) in [5, 5.41) is 4.53. The van der Waals surface area contributed by atoms with Crippen LogP contribution in [0.5, 0.6) is 0 Å². The molecular formula is C16H20N2O. The average Bonchev–Trinajstić information content (AvgIpc) is 2.81. The monoisotopic (exact) mass is 256 g/mol. The molecule has 100 valence electrons. The van der Waals surface area contributed by atoms with Crippen LogP contribution >= 0.6 is 0 Å². The lowest BCUT2D eigenvalue weighted by atomic mass is 9.82. The molecule has 0 saturated carbocycles. The van der Waals surface area contributed by atoms with Gasteiger partial charge in [-0.3, -0.25) is 9.48 Å². The summed E-state index contributed by atoms with van der Waals surface area (Å²) >= 11 is 0. The fourth-order valence-electron chi connectivity index (χ4n) is 2.24. The highest BCUT2D eigenvalue weighted by Crippen LogP contribution is 2.33. The number of hydrogen-bond acceptors (Lipinski definition) is 2. The molecule has 0 N–H and O–H groups in total. The third-order valence-corrected chi connectivity index (χ3v) is 3.23. The van der Waals surface area contributed by atoms with Gasteiger partial charge in [0, 0.05) is 18.3 Å². The molecule has 0 radical (unpaired) electrons. The molecule has 0 unspecified atom stereocenters. The van der Waals surface area contributed by atoms with Crippen LogP contribution in [-0.4, -0.2) is 16.1 Å². The van der Waals surface area contributed by atoms with Gasteiger partial charge in [-0.15, -0.1) is 0 Å². The van der Waals surface area contributed by atoms with Crippen molar-refractivity contribution in [1.82, 2.24) is 9.78 Å². The van der Waals surface area contributed by atoms with Gasteiger partial charge < -0.3 is 0 Å². The van der Waals surface area contributed by atoms with Crippen LogP contribution in [0.4, 0.5) is 0 Å². The Hall–Kier alpha value is -1.90. The Morgan fingerprint density at radius 2 is 1.95 bits per heavy atom. The summed E-state index contributed by atoms with van der Waals surface area (Å²) in [6, 6.07) is 8.16. The van der Waals surface area contributed by atoms with Crippen molar-refractivity contribution in [3.63, 3.8) is 0 Å². The summed E-state index contributed by atoms with van der Waals surface area (Å²) in [5.74, 6) is 0. The van der Waals surface area contributed by atoms with Crippen molar-refractivity contribution in [1.29, 1.82) is 0 Å². The third-order valence-electron chi connectivity index (χ3n) is 3.23. The molecule has 0 saturated heterocycles. The Bertz CT molecular complexity index is 591. The molecule has 1 aromatic carbocycles. The fourth-order valence-corrected chi connectivity index (χ4v) is 2.24. The van der Waals surface area contributed by atoms with Gasteiger partial charge in [-0.1, -0.05) is 45.0 Å². The second-order valence-corrected chi connectivity index (χ2v) is 5.70. The van der Waals surface area contributed by atoms with E-state index in [0.29, 0.717) is 5.56 Å². The number of aldehydes is 1. The number of carbonyl (C=O) groups excluding carboxylic acids is 1. The molecular weight excluding hydrogens is 236 g/mol. The first-order valence-corrected chi connectivity index (χ1v) is 6.60.